The first-order valence-electron chi connectivity index (χ1n) is 9.53. The number of thiazole rings is 1. The Kier molecular flexibility index (Phi) is 5.86. The first-order chi connectivity index (χ1) is 14.2. The second kappa shape index (κ2) is 8.87. The summed E-state index contributed by atoms with van der Waals surface area (Å²) in [4.78, 5) is 27.9. The number of nitrogens with one attached hydrogen (secondary N) is 2. The molecule has 0 atom stereocenters. The number of hydrogen-bond acceptors (Lipinski definition) is 5. The highest BCUT2D eigenvalue weighted by molar-refractivity contribution is 7.13. The van der Waals surface area contributed by atoms with Crippen LogP contribution in [0.5, 0.6) is 5.75 Å². The Hall–Kier alpha value is -3.19. The molecule has 2 heterocycles. The van der Waals surface area contributed by atoms with Gasteiger partial charge in [0.15, 0.2) is 0 Å². The van der Waals surface area contributed by atoms with E-state index in [-0.39, 0.29) is 11.8 Å². The fourth-order valence-corrected chi connectivity index (χ4v) is 3.83. The molecule has 0 saturated heterocycles. The van der Waals surface area contributed by atoms with Crippen molar-refractivity contribution in [1.82, 2.24) is 4.98 Å². The highest BCUT2D eigenvalue weighted by atomic mass is 32.1. The van der Waals surface area contributed by atoms with Crippen LogP contribution < -0.4 is 15.4 Å². The van der Waals surface area contributed by atoms with Crippen LogP contribution in [0.25, 0.3) is 10.6 Å². The van der Waals surface area contributed by atoms with Crippen molar-refractivity contribution in [3.63, 3.8) is 0 Å². The minimum Gasteiger partial charge on any atom is -0.494 e. The average Bonchev–Trinajstić information content (AvgIpc) is 3.26. The molecule has 4 rings (SSSR count). The lowest BCUT2D eigenvalue weighted by molar-refractivity contribution is -0.117. The molecule has 148 valence electrons. The van der Waals surface area contributed by atoms with E-state index in [4.69, 9.17) is 4.74 Å². The standard InChI is InChI=1S/C22H21N3O3S/c26-20(24-17-4-1-3-16(13-17)22-23-10-12-29-22)5-2-11-28-18-7-8-19-15(14-18)6-9-21(27)25-19/h1,3-4,7-8,10,12-14H,2,5-6,9,11H2,(H,24,26)(H,25,27). The van der Waals surface area contributed by atoms with Crippen molar-refractivity contribution < 1.29 is 14.3 Å². The molecule has 0 radical (unpaired) electrons. The van der Waals surface area contributed by atoms with E-state index in [0.717, 1.165) is 39.7 Å². The van der Waals surface area contributed by atoms with Crippen LogP contribution in [0.2, 0.25) is 0 Å². The van der Waals surface area contributed by atoms with Gasteiger partial charge in [-0.15, -0.1) is 11.3 Å². The number of nitrogens with zero attached hydrogens (tertiary/aromatic N) is 1. The van der Waals surface area contributed by atoms with Gasteiger partial charge in [0.2, 0.25) is 11.8 Å². The largest absolute Gasteiger partial charge is 0.494 e. The summed E-state index contributed by atoms with van der Waals surface area (Å²) in [6, 6.07) is 13.4. The first kappa shape index (κ1) is 19.1. The summed E-state index contributed by atoms with van der Waals surface area (Å²) in [6.45, 7) is 0.456. The number of rotatable bonds is 7. The molecule has 3 aromatic rings. The van der Waals surface area contributed by atoms with Crippen molar-refractivity contribution in [1.29, 1.82) is 0 Å². The third kappa shape index (κ3) is 5.00. The number of ether oxygens (including phenoxy) is 1. The highest BCUT2D eigenvalue weighted by Crippen LogP contribution is 2.27. The highest BCUT2D eigenvalue weighted by Gasteiger charge is 2.15. The van der Waals surface area contributed by atoms with Crippen molar-refractivity contribution >= 4 is 34.5 Å². The van der Waals surface area contributed by atoms with E-state index in [1.165, 1.54) is 0 Å². The van der Waals surface area contributed by atoms with Crippen LogP contribution >= 0.6 is 11.3 Å². The number of aromatic nitrogens is 1. The first-order valence-corrected chi connectivity index (χ1v) is 10.4. The van der Waals surface area contributed by atoms with Crippen LogP contribution in [0, 0.1) is 0 Å². The summed E-state index contributed by atoms with van der Waals surface area (Å²) >= 11 is 1.57. The smallest absolute Gasteiger partial charge is 0.224 e. The zero-order chi connectivity index (χ0) is 20.1. The summed E-state index contributed by atoms with van der Waals surface area (Å²) in [6.07, 6.45) is 3.99. The van der Waals surface area contributed by atoms with Crippen molar-refractivity contribution in [3.05, 3.63) is 59.6 Å². The van der Waals surface area contributed by atoms with Crippen LogP contribution in [-0.4, -0.2) is 23.4 Å². The number of amides is 2. The molecule has 2 aromatic carbocycles. The van der Waals surface area contributed by atoms with Gasteiger partial charge in [-0.2, -0.15) is 0 Å². The molecule has 0 aliphatic carbocycles. The Morgan fingerprint density at radius 2 is 2.14 bits per heavy atom. The molecule has 1 aromatic heterocycles. The fraction of sp³-hybridized carbons (Fsp3) is 0.227. The van der Waals surface area contributed by atoms with Gasteiger partial charge >= 0.3 is 0 Å². The lowest BCUT2D eigenvalue weighted by Crippen LogP contribution is -2.18. The molecular weight excluding hydrogens is 386 g/mol. The quantitative estimate of drug-likeness (QED) is 0.566. The third-order valence-electron chi connectivity index (χ3n) is 4.61. The van der Waals surface area contributed by atoms with E-state index in [1.54, 1.807) is 17.5 Å². The molecule has 7 heteroatoms. The van der Waals surface area contributed by atoms with E-state index in [1.807, 2.05) is 47.8 Å². The third-order valence-corrected chi connectivity index (χ3v) is 5.44. The minimum atomic E-state index is -0.0435. The maximum atomic E-state index is 12.2. The lowest BCUT2D eigenvalue weighted by atomic mass is 10.0. The zero-order valence-corrected chi connectivity index (χ0v) is 16.6. The number of fused-ring (bicyclic) bond motifs is 1. The molecule has 29 heavy (non-hydrogen) atoms. The SMILES string of the molecule is O=C(CCCOc1ccc2c(c1)CCC(=O)N2)Nc1cccc(-c2nccs2)c1. The van der Waals surface area contributed by atoms with E-state index in [2.05, 4.69) is 15.6 Å². The predicted octanol–water partition coefficient (Wildman–Crippen LogP) is 4.49. The Morgan fingerprint density at radius 1 is 1.21 bits per heavy atom. The second-order valence-corrected chi connectivity index (χ2v) is 7.68. The number of anilines is 2. The minimum absolute atomic E-state index is 0.0435. The van der Waals surface area contributed by atoms with Crippen LogP contribution in [0.1, 0.15) is 24.8 Å². The normalized spacial score (nSPS) is 12.8. The second-order valence-electron chi connectivity index (χ2n) is 6.79. The van der Waals surface area contributed by atoms with Gasteiger partial charge < -0.3 is 15.4 Å². The number of carbonyl (C=O) groups is 2. The number of benzene rings is 2. The van der Waals surface area contributed by atoms with E-state index >= 15 is 0 Å². The maximum absolute atomic E-state index is 12.2. The van der Waals surface area contributed by atoms with E-state index in [0.29, 0.717) is 25.9 Å². The van der Waals surface area contributed by atoms with E-state index in [9.17, 15) is 9.59 Å². The Bertz CT molecular complexity index is 1020. The number of hydrogen-bond donors (Lipinski definition) is 2. The molecule has 0 fully saturated rings. The number of carbonyl (C=O) groups excluding carboxylic acids is 2. The molecule has 2 N–H and O–H groups in total. The Morgan fingerprint density at radius 3 is 3.00 bits per heavy atom. The van der Waals surface area contributed by atoms with Crippen molar-refractivity contribution in [3.8, 4) is 16.3 Å². The monoisotopic (exact) mass is 407 g/mol. The van der Waals surface area contributed by atoms with Crippen LogP contribution in [-0.2, 0) is 16.0 Å². The number of aryl methyl sites for hydroxylation is 1. The van der Waals surface area contributed by atoms with Crippen molar-refractivity contribution in [2.45, 2.75) is 25.7 Å². The molecule has 0 saturated carbocycles. The zero-order valence-electron chi connectivity index (χ0n) is 15.8. The van der Waals surface area contributed by atoms with Gasteiger partial charge in [0.25, 0.3) is 0 Å². The summed E-state index contributed by atoms with van der Waals surface area (Å²) in [7, 11) is 0. The average molecular weight is 407 g/mol. The lowest BCUT2D eigenvalue weighted by Gasteiger charge is -2.17. The summed E-state index contributed by atoms with van der Waals surface area (Å²) in [5.41, 5.74) is 3.69. The molecule has 0 spiro atoms. The van der Waals surface area contributed by atoms with Gasteiger partial charge in [-0.1, -0.05) is 12.1 Å². The predicted molar refractivity (Wildman–Crippen MR) is 114 cm³/mol. The maximum Gasteiger partial charge on any atom is 0.224 e. The van der Waals surface area contributed by atoms with Gasteiger partial charge in [0.1, 0.15) is 10.8 Å². The molecular formula is C22H21N3O3S. The van der Waals surface area contributed by atoms with Crippen molar-refractivity contribution in [2.24, 2.45) is 0 Å². The van der Waals surface area contributed by atoms with Crippen molar-refractivity contribution in [2.75, 3.05) is 17.2 Å². The summed E-state index contributed by atoms with van der Waals surface area (Å²) in [5, 5.41) is 8.64. The Labute approximate surface area is 172 Å². The van der Waals surface area contributed by atoms with Crippen LogP contribution in [0.15, 0.2) is 54.0 Å². The van der Waals surface area contributed by atoms with Crippen LogP contribution in [0.3, 0.4) is 0 Å². The molecule has 0 unspecified atom stereocenters. The van der Waals surface area contributed by atoms with E-state index < -0.39 is 0 Å². The van der Waals surface area contributed by atoms with Crippen LogP contribution in [0.4, 0.5) is 11.4 Å². The summed E-state index contributed by atoms with van der Waals surface area (Å²) in [5.74, 6) is 0.767. The fourth-order valence-electron chi connectivity index (χ4n) is 3.19. The molecule has 0 bridgehead atoms. The van der Waals surface area contributed by atoms with Gasteiger partial charge in [-0.05, 0) is 48.7 Å². The summed E-state index contributed by atoms with van der Waals surface area (Å²) < 4.78 is 5.77. The van der Waals surface area contributed by atoms with Gasteiger partial charge in [-0.25, -0.2) is 4.98 Å². The topological polar surface area (TPSA) is 80.3 Å². The van der Waals surface area contributed by atoms with Gasteiger partial charge in [0, 0.05) is 41.4 Å². The molecule has 2 amide bonds. The molecule has 1 aliphatic rings. The van der Waals surface area contributed by atoms with Gasteiger partial charge in [0.05, 0.1) is 6.61 Å². The van der Waals surface area contributed by atoms with Gasteiger partial charge in [-0.3, -0.25) is 9.59 Å². The molecule has 6 nitrogen and oxygen atoms in total. The Balaban J connectivity index is 1.24. The molecule has 1 aliphatic heterocycles.